The third-order valence-electron chi connectivity index (χ3n) is 2.94. The van der Waals surface area contributed by atoms with Gasteiger partial charge in [0.25, 0.3) is 0 Å². The number of hydrogen-bond acceptors (Lipinski definition) is 2. The first kappa shape index (κ1) is 9.69. The lowest BCUT2D eigenvalue weighted by molar-refractivity contribution is -0.0769. The van der Waals surface area contributed by atoms with Gasteiger partial charge in [-0.3, -0.25) is 0 Å². The van der Waals surface area contributed by atoms with Crippen molar-refractivity contribution in [2.24, 2.45) is 0 Å². The van der Waals surface area contributed by atoms with Crippen LogP contribution in [0.3, 0.4) is 0 Å². The van der Waals surface area contributed by atoms with E-state index < -0.39 is 0 Å². The van der Waals surface area contributed by atoms with E-state index >= 15 is 0 Å². The average Bonchev–Trinajstić information content (AvgIpc) is 2.19. The first-order valence-corrected chi connectivity index (χ1v) is 5.21. The van der Waals surface area contributed by atoms with E-state index in [4.69, 9.17) is 4.74 Å². The van der Waals surface area contributed by atoms with Crippen LogP contribution in [0.5, 0.6) is 0 Å². The summed E-state index contributed by atoms with van der Waals surface area (Å²) in [6.45, 7) is 4.87. The third kappa shape index (κ3) is 1.97. The lowest BCUT2D eigenvalue weighted by Crippen LogP contribution is -2.59. The number of nitrogens with one attached hydrogen (secondary N) is 1. The van der Waals surface area contributed by atoms with Crippen molar-refractivity contribution >= 4 is 0 Å². The fourth-order valence-corrected chi connectivity index (χ4v) is 1.67. The molecule has 2 heteroatoms. The summed E-state index contributed by atoms with van der Waals surface area (Å²) in [7, 11) is 0. The fourth-order valence-electron chi connectivity index (χ4n) is 1.67. The fraction of sp³-hybridized carbons (Fsp3) is 0.500. The summed E-state index contributed by atoms with van der Waals surface area (Å²) in [5.74, 6) is 0. The molecule has 1 aliphatic heterocycles. The van der Waals surface area contributed by atoms with Gasteiger partial charge in [0.2, 0.25) is 0 Å². The molecule has 14 heavy (non-hydrogen) atoms. The molecular formula is C12H17NO. The van der Waals surface area contributed by atoms with E-state index in [1.165, 1.54) is 5.56 Å². The molecule has 76 valence electrons. The van der Waals surface area contributed by atoms with Crippen molar-refractivity contribution in [1.29, 1.82) is 0 Å². The van der Waals surface area contributed by atoms with Gasteiger partial charge in [-0.2, -0.15) is 0 Å². The number of benzene rings is 1. The summed E-state index contributed by atoms with van der Waals surface area (Å²) in [5, 5.41) is 3.57. The molecule has 0 radical (unpaired) electrons. The molecule has 2 rings (SSSR count). The van der Waals surface area contributed by atoms with Gasteiger partial charge in [-0.25, -0.2) is 0 Å². The highest BCUT2D eigenvalue weighted by Gasteiger charge is 2.35. The summed E-state index contributed by atoms with van der Waals surface area (Å²) in [4.78, 5) is 0. The van der Waals surface area contributed by atoms with Crippen LogP contribution in [0, 0.1) is 0 Å². The number of ether oxygens (including phenoxy) is 1. The highest BCUT2D eigenvalue weighted by atomic mass is 16.5. The molecule has 0 atom stereocenters. The Morgan fingerprint density at radius 1 is 1.29 bits per heavy atom. The molecule has 0 saturated carbocycles. The Kier molecular flexibility index (Phi) is 2.85. The highest BCUT2D eigenvalue weighted by Crippen LogP contribution is 2.21. The largest absolute Gasteiger partial charge is 0.377 e. The molecule has 0 aromatic heterocycles. The lowest BCUT2D eigenvalue weighted by Gasteiger charge is -2.41. The van der Waals surface area contributed by atoms with Gasteiger partial charge < -0.3 is 10.1 Å². The predicted octanol–water partition coefficient (Wildman–Crippen LogP) is 1.96. The van der Waals surface area contributed by atoms with Gasteiger partial charge in [-0.15, -0.1) is 0 Å². The minimum Gasteiger partial charge on any atom is -0.377 e. The molecule has 1 aromatic carbocycles. The molecule has 1 N–H and O–H groups in total. The van der Waals surface area contributed by atoms with Crippen LogP contribution in [-0.2, 0) is 11.3 Å². The molecule has 2 nitrogen and oxygen atoms in total. The zero-order valence-corrected chi connectivity index (χ0v) is 8.62. The van der Waals surface area contributed by atoms with Crippen LogP contribution in [0.1, 0.15) is 18.9 Å². The summed E-state index contributed by atoms with van der Waals surface area (Å²) < 4.78 is 5.26. The van der Waals surface area contributed by atoms with Crippen LogP contribution in [0.2, 0.25) is 0 Å². The Morgan fingerprint density at radius 2 is 2.00 bits per heavy atom. The van der Waals surface area contributed by atoms with E-state index in [2.05, 4.69) is 36.5 Å². The van der Waals surface area contributed by atoms with Gasteiger partial charge in [0.15, 0.2) is 0 Å². The average molecular weight is 191 g/mol. The van der Waals surface area contributed by atoms with Crippen LogP contribution in [0.4, 0.5) is 0 Å². The zero-order valence-electron chi connectivity index (χ0n) is 8.62. The van der Waals surface area contributed by atoms with Crippen molar-refractivity contribution in [1.82, 2.24) is 5.32 Å². The van der Waals surface area contributed by atoms with Gasteiger partial charge in [-0.05, 0) is 12.0 Å². The van der Waals surface area contributed by atoms with Crippen LogP contribution in [0.15, 0.2) is 30.3 Å². The molecule has 1 saturated heterocycles. The third-order valence-corrected chi connectivity index (χ3v) is 2.94. The second-order valence-corrected chi connectivity index (χ2v) is 3.97. The highest BCUT2D eigenvalue weighted by molar-refractivity contribution is 5.15. The molecule has 0 unspecified atom stereocenters. The van der Waals surface area contributed by atoms with E-state index in [0.29, 0.717) is 0 Å². The van der Waals surface area contributed by atoms with Gasteiger partial charge in [0, 0.05) is 6.54 Å². The standard InChI is InChI=1S/C12H17NO/c1-2-12(9-14-10-12)13-8-11-6-4-3-5-7-11/h3-7,13H,2,8-10H2,1H3. The minimum atomic E-state index is 0.246. The van der Waals surface area contributed by atoms with Gasteiger partial charge in [-0.1, -0.05) is 37.3 Å². The van der Waals surface area contributed by atoms with Crippen LogP contribution < -0.4 is 5.32 Å². The topological polar surface area (TPSA) is 21.3 Å². The van der Waals surface area contributed by atoms with Crippen LogP contribution in [-0.4, -0.2) is 18.8 Å². The summed E-state index contributed by atoms with van der Waals surface area (Å²) in [6.07, 6.45) is 1.14. The van der Waals surface area contributed by atoms with Gasteiger partial charge in [0.1, 0.15) is 0 Å². The SMILES string of the molecule is CCC1(NCc2ccccc2)COC1. The van der Waals surface area contributed by atoms with Crippen molar-refractivity contribution in [3.05, 3.63) is 35.9 Å². The summed E-state index contributed by atoms with van der Waals surface area (Å²) in [5.41, 5.74) is 1.59. The Hall–Kier alpha value is -0.860. The first-order chi connectivity index (χ1) is 6.85. The van der Waals surface area contributed by atoms with Gasteiger partial charge >= 0.3 is 0 Å². The molecule has 0 spiro atoms. The summed E-state index contributed by atoms with van der Waals surface area (Å²) >= 11 is 0. The van der Waals surface area contributed by atoms with Crippen molar-refractivity contribution < 1.29 is 4.74 Å². The Bertz CT molecular complexity index is 274. The van der Waals surface area contributed by atoms with Crippen molar-refractivity contribution in [2.75, 3.05) is 13.2 Å². The second-order valence-electron chi connectivity index (χ2n) is 3.97. The molecular weight excluding hydrogens is 174 g/mol. The van der Waals surface area contributed by atoms with Crippen molar-refractivity contribution in [3.63, 3.8) is 0 Å². The van der Waals surface area contributed by atoms with E-state index in [9.17, 15) is 0 Å². The van der Waals surface area contributed by atoms with Crippen molar-refractivity contribution in [3.8, 4) is 0 Å². The molecule has 0 bridgehead atoms. The molecule has 0 aliphatic carbocycles. The van der Waals surface area contributed by atoms with Crippen molar-refractivity contribution in [2.45, 2.75) is 25.4 Å². The minimum absolute atomic E-state index is 0.246. The molecule has 0 amide bonds. The lowest BCUT2D eigenvalue weighted by atomic mass is 9.94. The Morgan fingerprint density at radius 3 is 2.50 bits per heavy atom. The molecule has 1 heterocycles. The number of rotatable bonds is 4. The van der Waals surface area contributed by atoms with E-state index in [0.717, 1.165) is 26.2 Å². The second kappa shape index (κ2) is 4.11. The zero-order chi connectivity index (χ0) is 9.86. The monoisotopic (exact) mass is 191 g/mol. The Labute approximate surface area is 85.3 Å². The quantitative estimate of drug-likeness (QED) is 0.785. The first-order valence-electron chi connectivity index (χ1n) is 5.21. The van der Waals surface area contributed by atoms with Crippen LogP contribution >= 0.6 is 0 Å². The van der Waals surface area contributed by atoms with E-state index in [1.54, 1.807) is 0 Å². The smallest absolute Gasteiger partial charge is 0.0671 e. The van der Waals surface area contributed by atoms with Crippen LogP contribution in [0.25, 0.3) is 0 Å². The predicted molar refractivity (Wildman–Crippen MR) is 57.1 cm³/mol. The normalized spacial score (nSPS) is 18.9. The van der Waals surface area contributed by atoms with Gasteiger partial charge in [0.05, 0.1) is 18.8 Å². The Balaban J connectivity index is 1.88. The maximum absolute atomic E-state index is 5.26. The molecule has 1 aromatic rings. The summed E-state index contributed by atoms with van der Waals surface area (Å²) in [6, 6.07) is 10.5. The van der Waals surface area contributed by atoms with E-state index in [1.807, 2.05) is 6.07 Å². The molecule has 1 aliphatic rings. The number of hydrogen-bond donors (Lipinski definition) is 1. The maximum atomic E-state index is 5.26. The van der Waals surface area contributed by atoms with E-state index in [-0.39, 0.29) is 5.54 Å². The molecule has 1 fully saturated rings. The maximum Gasteiger partial charge on any atom is 0.0671 e.